The van der Waals surface area contributed by atoms with Crippen LogP contribution in [0.5, 0.6) is 5.75 Å². The van der Waals surface area contributed by atoms with Crippen LogP contribution in [0.25, 0.3) is 5.70 Å². The number of benzene rings is 2. The molecule has 1 atom stereocenters. The fourth-order valence-electron chi connectivity index (χ4n) is 2.87. The van der Waals surface area contributed by atoms with Gasteiger partial charge in [-0.05, 0) is 42.4 Å². The minimum Gasteiger partial charge on any atom is -0.497 e. The Bertz CT molecular complexity index is 832. The van der Waals surface area contributed by atoms with E-state index in [2.05, 4.69) is 10.6 Å². The predicted molar refractivity (Wildman–Crippen MR) is 105 cm³/mol. The van der Waals surface area contributed by atoms with E-state index in [0.29, 0.717) is 23.0 Å². The molecule has 1 unspecified atom stereocenters. The number of carbonyl (C=O) groups is 1. The van der Waals surface area contributed by atoms with Gasteiger partial charge in [-0.2, -0.15) is 0 Å². The fourth-order valence-corrected chi connectivity index (χ4v) is 3.09. The zero-order valence-corrected chi connectivity index (χ0v) is 15.4. The molecule has 1 heterocycles. The van der Waals surface area contributed by atoms with Gasteiger partial charge < -0.3 is 20.1 Å². The molecule has 5 nitrogen and oxygen atoms in total. The van der Waals surface area contributed by atoms with Crippen LogP contribution in [0.3, 0.4) is 0 Å². The minimum absolute atomic E-state index is 0.296. The number of hydrogen-bond acceptors (Lipinski definition) is 4. The van der Waals surface area contributed by atoms with E-state index in [1.165, 1.54) is 0 Å². The van der Waals surface area contributed by atoms with Crippen LogP contribution in [-0.2, 0) is 9.53 Å². The first-order valence-electron chi connectivity index (χ1n) is 8.32. The number of thiocarbonyl (C=S) groups is 1. The van der Waals surface area contributed by atoms with Crippen LogP contribution >= 0.6 is 12.2 Å². The number of hydrogen-bond donors (Lipinski definition) is 2. The van der Waals surface area contributed by atoms with Crippen molar-refractivity contribution in [3.05, 3.63) is 71.3 Å². The Morgan fingerprint density at radius 1 is 1.12 bits per heavy atom. The Hall–Kier alpha value is -2.86. The highest BCUT2D eigenvalue weighted by Crippen LogP contribution is 2.32. The number of rotatable bonds is 5. The summed E-state index contributed by atoms with van der Waals surface area (Å²) in [5.41, 5.74) is 2.93. The SMILES string of the molecule is CCOC(=O)C1=C(c2ccccc2)NC(=S)NC1c1ccc(OC)cc1. The highest BCUT2D eigenvalue weighted by Gasteiger charge is 2.33. The Kier molecular flexibility index (Phi) is 5.53. The van der Waals surface area contributed by atoms with Crippen LogP contribution in [0, 0.1) is 0 Å². The molecule has 26 heavy (non-hydrogen) atoms. The molecule has 0 aromatic heterocycles. The van der Waals surface area contributed by atoms with Crippen LogP contribution in [0.4, 0.5) is 0 Å². The first-order chi connectivity index (χ1) is 12.6. The normalized spacial score (nSPS) is 16.5. The fraction of sp³-hybridized carbons (Fsp3) is 0.200. The number of esters is 1. The number of nitrogens with one attached hydrogen (secondary N) is 2. The summed E-state index contributed by atoms with van der Waals surface area (Å²) in [6.07, 6.45) is 0. The maximum Gasteiger partial charge on any atom is 0.338 e. The van der Waals surface area contributed by atoms with E-state index >= 15 is 0 Å². The molecule has 0 spiro atoms. The molecule has 0 saturated heterocycles. The highest BCUT2D eigenvalue weighted by atomic mass is 32.1. The maximum atomic E-state index is 12.8. The summed E-state index contributed by atoms with van der Waals surface area (Å²) in [5.74, 6) is 0.366. The van der Waals surface area contributed by atoms with E-state index in [4.69, 9.17) is 21.7 Å². The van der Waals surface area contributed by atoms with Gasteiger partial charge in [-0.3, -0.25) is 0 Å². The molecule has 6 heteroatoms. The summed E-state index contributed by atoms with van der Waals surface area (Å²) < 4.78 is 10.5. The third-order valence-electron chi connectivity index (χ3n) is 4.08. The van der Waals surface area contributed by atoms with Gasteiger partial charge in [-0.1, -0.05) is 42.5 Å². The van der Waals surface area contributed by atoms with E-state index in [-0.39, 0.29) is 5.97 Å². The van der Waals surface area contributed by atoms with Crippen molar-refractivity contribution in [3.63, 3.8) is 0 Å². The standard InChI is InChI=1S/C20H20N2O3S/c1-3-25-19(23)16-17(13-7-5-4-6-8-13)21-20(26)22-18(16)14-9-11-15(24-2)12-10-14/h4-12,18H,3H2,1-2H3,(H2,21,22,26). The van der Waals surface area contributed by atoms with E-state index in [0.717, 1.165) is 16.9 Å². The number of carbonyl (C=O) groups excluding carboxylic acids is 1. The van der Waals surface area contributed by atoms with Gasteiger partial charge in [0.05, 0.1) is 31.0 Å². The van der Waals surface area contributed by atoms with Gasteiger partial charge >= 0.3 is 5.97 Å². The van der Waals surface area contributed by atoms with Crippen LogP contribution < -0.4 is 15.4 Å². The molecule has 134 valence electrons. The molecule has 0 saturated carbocycles. The van der Waals surface area contributed by atoms with Gasteiger partial charge in [0.2, 0.25) is 0 Å². The van der Waals surface area contributed by atoms with Crippen molar-refractivity contribution in [2.45, 2.75) is 13.0 Å². The zero-order valence-electron chi connectivity index (χ0n) is 14.6. The van der Waals surface area contributed by atoms with E-state index < -0.39 is 6.04 Å². The maximum absolute atomic E-state index is 12.8. The van der Waals surface area contributed by atoms with Crippen molar-refractivity contribution in [1.29, 1.82) is 0 Å². The highest BCUT2D eigenvalue weighted by molar-refractivity contribution is 7.80. The van der Waals surface area contributed by atoms with Gasteiger partial charge in [-0.25, -0.2) is 4.79 Å². The quantitative estimate of drug-likeness (QED) is 0.624. The smallest absolute Gasteiger partial charge is 0.338 e. The van der Waals surface area contributed by atoms with Crippen molar-refractivity contribution in [2.24, 2.45) is 0 Å². The molecule has 0 bridgehead atoms. The third kappa shape index (κ3) is 3.70. The van der Waals surface area contributed by atoms with Gasteiger partial charge in [-0.15, -0.1) is 0 Å². The first kappa shape index (κ1) is 17.9. The molecular formula is C20H20N2O3S. The molecule has 0 amide bonds. The second-order valence-corrected chi connectivity index (χ2v) is 6.09. The second kappa shape index (κ2) is 8.01. The molecule has 0 aliphatic carbocycles. The lowest BCUT2D eigenvalue weighted by Crippen LogP contribution is -2.45. The van der Waals surface area contributed by atoms with Crippen molar-refractivity contribution >= 4 is 29.0 Å². The van der Waals surface area contributed by atoms with Gasteiger partial charge in [0.15, 0.2) is 5.11 Å². The van der Waals surface area contributed by atoms with Crippen molar-refractivity contribution in [1.82, 2.24) is 10.6 Å². The van der Waals surface area contributed by atoms with E-state index in [1.54, 1.807) is 14.0 Å². The summed E-state index contributed by atoms with van der Waals surface area (Å²) in [4.78, 5) is 12.8. The Balaban J connectivity index is 2.13. The topological polar surface area (TPSA) is 59.6 Å². The molecule has 1 aliphatic heterocycles. The van der Waals surface area contributed by atoms with Crippen molar-refractivity contribution in [3.8, 4) is 5.75 Å². The largest absolute Gasteiger partial charge is 0.497 e. The Morgan fingerprint density at radius 3 is 2.42 bits per heavy atom. The molecule has 2 aromatic carbocycles. The van der Waals surface area contributed by atoms with Gasteiger partial charge in [0, 0.05) is 0 Å². The van der Waals surface area contributed by atoms with Crippen LogP contribution in [0.15, 0.2) is 60.2 Å². The lowest BCUT2D eigenvalue weighted by atomic mass is 9.93. The third-order valence-corrected chi connectivity index (χ3v) is 4.30. The predicted octanol–water partition coefficient (Wildman–Crippen LogP) is 3.19. The van der Waals surface area contributed by atoms with Crippen molar-refractivity contribution in [2.75, 3.05) is 13.7 Å². The second-order valence-electron chi connectivity index (χ2n) is 5.68. The lowest BCUT2D eigenvalue weighted by Gasteiger charge is -2.31. The van der Waals surface area contributed by atoms with Crippen LogP contribution in [0.2, 0.25) is 0 Å². The molecule has 2 N–H and O–H groups in total. The summed E-state index contributed by atoms with van der Waals surface area (Å²) in [5, 5.41) is 6.76. The lowest BCUT2D eigenvalue weighted by molar-refractivity contribution is -0.138. The van der Waals surface area contributed by atoms with E-state index in [9.17, 15) is 4.79 Å². The van der Waals surface area contributed by atoms with Crippen molar-refractivity contribution < 1.29 is 14.3 Å². The van der Waals surface area contributed by atoms with Gasteiger partial charge in [0.25, 0.3) is 0 Å². The summed E-state index contributed by atoms with van der Waals surface area (Å²) >= 11 is 5.38. The van der Waals surface area contributed by atoms with Crippen LogP contribution in [-0.4, -0.2) is 24.8 Å². The molecule has 2 aromatic rings. The monoisotopic (exact) mass is 368 g/mol. The van der Waals surface area contributed by atoms with Crippen LogP contribution in [0.1, 0.15) is 24.1 Å². The summed E-state index contributed by atoms with van der Waals surface area (Å²) in [6, 6.07) is 16.7. The summed E-state index contributed by atoms with van der Waals surface area (Å²) in [7, 11) is 1.62. The average molecular weight is 368 g/mol. The zero-order chi connectivity index (χ0) is 18.5. The molecule has 0 radical (unpaired) electrons. The molecule has 3 rings (SSSR count). The molecule has 0 fully saturated rings. The average Bonchev–Trinajstić information content (AvgIpc) is 2.68. The summed E-state index contributed by atoms with van der Waals surface area (Å²) in [6.45, 7) is 2.08. The molecular weight excluding hydrogens is 348 g/mol. The Morgan fingerprint density at radius 2 is 1.81 bits per heavy atom. The van der Waals surface area contributed by atoms with Gasteiger partial charge in [0.1, 0.15) is 5.75 Å². The molecule has 1 aliphatic rings. The Labute approximate surface area is 158 Å². The minimum atomic E-state index is -0.413. The van der Waals surface area contributed by atoms with E-state index in [1.807, 2.05) is 54.6 Å². The number of ether oxygens (including phenoxy) is 2. The first-order valence-corrected chi connectivity index (χ1v) is 8.73. The number of methoxy groups -OCH3 is 1.